The minimum atomic E-state index is 0.664. The summed E-state index contributed by atoms with van der Waals surface area (Å²) in [5.41, 5.74) is 6.10. The van der Waals surface area contributed by atoms with Crippen molar-refractivity contribution >= 4 is 34.1 Å². The van der Waals surface area contributed by atoms with Gasteiger partial charge >= 0.3 is 0 Å². The lowest BCUT2D eigenvalue weighted by Gasteiger charge is -2.10. The highest BCUT2D eigenvalue weighted by molar-refractivity contribution is 6.30. The number of hydrogen-bond acceptors (Lipinski definition) is 4. The minimum absolute atomic E-state index is 0.664. The van der Waals surface area contributed by atoms with E-state index in [1.54, 1.807) is 17.2 Å². The predicted octanol–water partition coefficient (Wildman–Crippen LogP) is 5.14. The average molecular weight is 364 g/mol. The van der Waals surface area contributed by atoms with E-state index in [0.29, 0.717) is 5.02 Å². The molecule has 4 rings (SSSR count). The fraction of sp³-hybridized carbons (Fsp3) is 0.150. The van der Waals surface area contributed by atoms with Gasteiger partial charge in [0, 0.05) is 10.7 Å². The number of nitrogens with one attached hydrogen (secondary N) is 1. The Bertz CT molecular complexity index is 1100. The summed E-state index contributed by atoms with van der Waals surface area (Å²) in [5, 5.41) is 9.43. The smallest absolute Gasteiger partial charge is 0.168 e. The lowest BCUT2D eigenvalue weighted by atomic mass is 10.1. The topological polar surface area (TPSA) is 55.6 Å². The van der Waals surface area contributed by atoms with Crippen LogP contribution in [0.3, 0.4) is 0 Å². The highest BCUT2D eigenvalue weighted by atomic mass is 35.5. The quantitative estimate of drug-likeness (QED) is 0.547. The van der Waals surface area contributed by atoms with Gasteiger partial charge in [0.05, 0.1) is 17.3 Å². The van der Waals surface area contributed by atoms with Crippen molar-refractivity contribution in [3.05, 3.63) is 70.6 Å². The molecule has 0 spiro atoms. The van der Waals surface area contributed by atoms with E-state index in [4.69, 9.17) is 11.6 Å². The van der Waals surface area contributed by atoms with E-state index in [1.165, 1.54) is 11.1 Å². The zero-order valence-corrected chi connectivity index (χ0v) is 15.5. The van der Waals surface area contributed by atoms with Crippen LogP contribution in [0.5, 0.6) is 0 Å². The molecular formula is C20H18ClN5. The summed E-state index contributed by atoms with van der Waals surface area (Å²) in [6.45, 7) is 6.18. The average Bonchev–Trinajstić information content (AvgIpc) is 3.01. The third kappa shape index (κ3) is 3.02. The molecular weight excluding hydrogens is 346 g/mol. The fourth-order valence-corrected chi connectivity index (χ4v) is 3.28. The van der Waals surface area contributed by atoms with E-state index in [2.05, 4.69) is 52.4 Å². The molecule has 0 saturated carbocycles. The molecule has 0 bridgehead atoms. The lowest BCUT2D eigenvalue weighted by molar-refractivity contribution is 0.887. The lowest BCUT2D eigenvalue weighted by Crippen LogP contribution is -2.01. The second-order valence-electron chi connectivity index (χ2n) is 6.45. The number of halogens is 1. The molecule has 130 valence electrons. The number of benzene rings is 2. The molecule has 5 nitrogen and oxygen atoms in total. The van der Waals surface area contributed by atoms with Crippen molar-refractivity contribution in [2.24, 2.45) is 0 Å². The summed E-state index contributed by atoms with van der Waals surface area (Å²) in [6, 6.07) is 12.1. The van der Waals surface area contributed by atoms with Crippen LogP contribution in [0.1, 0.15) is 16.7 Å². The van der Waals surface area contributed by atoms with Crippen LogP contribution < -0.4 is 5.32 Å². The Morgan fingerprint density at radius 3 is 2.50 bits per heavy atom. The van der Waals surface area contributed by atoms with Gasteiger partial charge in [0.25, 0.3) is 0 Å². The standard InChI is InChI=1S/C20H18ClN5/c1-12-6-13(2)8-16(7-12)25-19-17-10-24-26(20(17)23-11-22-19)18-9-15(21)5-4-14(18)3/h4-11H,1-3H3,(H,22,23,25). The van der Waals surface area contributed by atoms with Gasteiger partial charge in [0.1, 0.15) is 12.1 Å². The molecule has 2 heterocycles. The number of hydrogen-bond donors (Lipinski definition) is 1. The van der Waals surface area contributed by atoms with Gasteiger partial charge in [-0.25, -0.2) is 14.6 Å². The normalized spacial score (nSPS) is 11.1. The van der Waals surface area contributed by atoms with Crippen LogP contribution in [0.25, 0.3) is 16.7 Å². The van der Waals surface area contributed by atoms with Crippen LogP contribution >= 0.6 is 11.6 Å². The molecule has 0 aliphatic carbocycles. The first-order valence-corrected chi connectivity index (χ1v) is 8.69. The summed E-state index contributed by atoms with van der Waals surface area (Å²) in [6.07, 6.45) is 3.33. The Labute approximate surface area is 156 Å². The molecule has 0 fully saturated rings. The third-order valence-corrected chi connectivity index (χ3v) is 4.48. The summed E-state index contributed by atoms with van der Waals surface area (Å²) in [5.74, 6) is 0.728. The maximum Gasteiger partial charge on any atom is 0.168 e. The van der Waals surface area contributed by atoms with Crippen molar-refractivity contribution in [3.8, 4) is 5.69 Å². The van der Waals surface area contributed by atoms with Crippen LogP contribution in [0, 0.1) is 20.8 Å². The van der Waals surface area contributed by atoms with Crippen LogP contribution in [-0.2, 0) is 0 Å². The molecule has 0 aliphatic heterocycles. The highest BCUT2D eigenvalue weighted by Crippen LogP contribution is 2.27. The van der Waals surface area contributed by atoms with Gasteiger partial charge in [-0.15, -0.1) is 0 Å². The fourth-order valence-electron chi connectivity index (χ4n) is 3.11. The van der Waals surface area contributed by atoms with Crippen LogP contribution in [0.4, 0.5) is 11.5 Å². The first-order chi connectivity index (χ1) is 12.5. The number of rotatable bonds is 3. The second-order valence-corrected chi connectivity index (χ2v) is 6.88. The van der Waals surface area contributed by atoms with Crippen molar-refractivity contribution < 1.29 is 0 Å². The van der Waals surface area contributed by atoms with Crippen molar-refractivity contribution in [1.82, 2.24) is 19.7 Å². The maximum atomic E-state index is 6.17. The minimum Gasteiger partial charge on any atom is -0.340 e. The van der Waals surface area contributed by atoms with Gasteiger partial charge in [0.2, 0.25) is 0 Å². The van der Waals surface area contributed by atoms with E-state index < -0.39 is 0 Å². The number of aryl methyl sites for hydroxylation is 3. The summed E-state index contributed by atoms with van der Waals surface area (Å²) in [4.78, 5) is 8.84. The Hall–Kier alpha value is -2.92. The van der Waals surface area contributed by atoms with E-state index >= 15 is 0 Å². The second kappa shape index (κ2) is 6.42. The predicted molar refractivity (Wildman–Crippen MR) is 106 cm³/mol. The molecule has 4 aromatic rings. The van der Waals surface area contributed by atoms with Gasteiger partial charge in [0.15, 0.2) is 5.65 Å². The van der Waals surface area contributed by atoms with E-state index in [9.17, 15) is 0 Å². The van der Waals surface area contributed by atoms with Crippen LogP contribution in [0.2, 0.25) is 5.02 Å². The third-order valence-electron chi connectivity index (χ3n) is 4.25. The van der Waals surface area contributed by atoms with Gasteiger partial charge in [-0.3, -0.25) is 0 Å². The molecule has 0 amide bonds. The van der Waals surface area contributed by atoms with Gasteiger partial charge in [-0.2, -0.15) is 5.10 Å². The molecule has 26 heavy (non-hydrogen) atoms. The van der Waals surface area contributed by atoms with E-state index in [0.717, 1.165) is 33.8 Å². The Kier molecular flexibility index (Phi) is 4.09. The first kappa shape index (κ1) is 16.5. The van der Waals surface area contributed by atoms with E-state index in [1.807, 2.05) is 25.1 Å². The molecule has 2 aromatic carbocycles. The molecule has 0 aliphatic rings. The summed E-state index contributed by atoms with van der Waals surface area (Å²) in [7, 11) is 0. The highest BCUT2D eigenvalue weighted by Gasteiger charge is 2.13. The molecule has 2 aromatic heterocycles. The number of nitrogens with zero attached hydrogens (tertiary/aromatic N) is 4. The zero-order chi connectivity index (χ0) is 18.3. The Morgan fingerprint density at radius 1 is 0.962 bits per heavy atom. The van der Waals surface area contributed by atoms with Crippen molar-refractivity contribution in [3.63, 3.8) is 0 Å². The van der Waals surface area contributed by atoms with Gasteiger partial charge in [-0.1, -0.05) is 23.7 Å². The molecule has 0 atom stereocenters. The molecule has 6 heteroatoms. The SMILES string of the molecule is Cc1cc(C)cc(Nc2ncnc3c2cnn3-c2cc(Cl)ccc2C)c1. The van der Waals surface area contributed by atoms with Crippen LogP contribution in [0.15, 0.2) is 48.9 Å². The molecule has 0 unspecified atom stereocenters. The monoisotopic (exact) mass is 363 g/mol. The largest absolute Gasteiger partial charge is 0.340 e. The summed E-state index contributed by atoms with van der Waals surface area (Å²) >= 11 is 6.17. The number of anilines is 2. The number of fused-ring (bicyclic) bond motifs is 1. The van der Waals surface area contributed by atoms with Crippen LogP contribution in [-0.4, -0.2) is 19.7 Å². The number of aromatic nitrogens is 4. The first-order valence-electron chi connectivity index (χ1n) is 8.32. The Balaban J connectivity index is 1.81. The molecule has 0 radical (unpaired) electrons. The maximum absolute atomic E-state index is 6.17. The Morgan fingerprint density at radius 2 is 1.73 bits per heavy atom. The van der Waals surface area contributed by atoms with Crippen molar-refractivity contribution in [1.29, 1.82) is 0 Å². The van der Waals surface area contributed by atoms with Gasteiger partial charge < -0.3 is 5.32 Å². The van der Waals surface area contributed by atoms with E-state index in [-0.39, 0.29) is 0 Å². The zero-order valence-electron chi connectivity index (χ0n) is 14.8. The van der Waals surface area contributed by atoms with Gasteiger partial charge in [-0.05, 0) is 61.7 Å². The van der Waals surface area contributed by atoms with Crippen molar-refractivity contribution in [2.45, 2.75) is 20.8 Å². The summed E-state index contributed by atoms with van der Waals surface area (Å²) < 4.78 is 1.80. The molecule has 1 N–H and O–H groups in total. The molecule has 0 saturated heterocycles. The van der Waals surface area contributed by atoms with Crippen molar-refractivity contribution in [2.75, 3.05) is 5.32 Å².